The van der Waals surface area contributed by atoms with Gasteiger partial charge in [0.05, 0.1) is 0 Å². The lowest BCUT2D eigenvalue weighted by molar-refractivity contribution is 0.533. The molecule has 2 nitrogen and oxygen atoms in total. The smallest absolute Gasteiger partial charge is 0.184 e. The minimum atomic E-state index is 0.289. The Bertz CT molecular complexity index is 292. The Balaban J connectivity index is 2.04. The first kappa shape index (κ1) is 9.46. The van der Waals surface area contributed by atoms with Crippen molar-refractivity contribution in [1.82, 2.24) is 4.98 Å². The summed E-state index contributed by atoms with van der Waals surface area (Å²) >= 11 is 5.02. The third-order valence-electron chi connectivity index (χ3n) is 2.59. The summed E-state index contributed by atoms with van der Waals surface area (Å²) in [4.78, 5) is 4.34. The van der Waals surface area contributed by atoms with Gasteiger partial charge in [0.15, 0.2) is 5.13 Å². The van der Waals surface area contributed by atoms with Gasteiger partial charge < -0.3 is 5.32 Å². The molecule has 1 fully saturated rings. The zero-order valence-electron chi connectivity index (χ0n) is 7.64. The van der Waals surface area contributed by atoms with Gasteiger partial charge in [0.2, 0.25) is 0 Å². The number of anilines is 1. The van der Waals surface area contributed by atoms with Gasteiger partial charge in [-0.3, -0.25) is 0 Å². The molecule has 1 heterocycles. The van der Waals surface area contributed by atoms with Crippen LogP contribution in [-0.4, -0.2) is 10.5 Å². The predicted molar refractivity (Wildman–Crippen MR) is 60.3 cm³/mol. The normalized spacial score (nSPS) is 20.5. The highest BCUT2D eigenvalue weighted by Crippen LogP contribution is 2.33. The minimum Gasteiger partial charge on any atom is -0.356 e. The van der Waals surface area contributed by atoms with E-state index in [4.69, 9.17) is 0 Å². The molecule has 72 valence electrons. The molecule has 0 bridgehead atoms. The average Bonchev–Trinajstić information content (AvgIpc) is 2.62. The number of hydrogen-bond acceptors (Lipinski definition) is 3. The molecule has 1 saturated carbocycles. The topological polar surface area (TPSA) is 24.9 Å². The molecule has 0 saturated heterocycles. The number of halogens is 1. The molecular weight excluding hydrogens is 248 g/mol. The fraction of sp³-hybridized carbons (Fsp3) is 0.667. The molecule has 13 heavy (non-hydrogen) atoms. The maximum atomic E-state index is 4.34. The van der Waals surface area contributed by atoms with Crippen molar-refractivity contribution in [2.24, 2.45) is 0 Å². The van der Waals surface area contributed by atoms with Gasteiger partial charge >= 0.3 is 0 Å². The van der Waals surface area contributed by atoms with E-state index in [1.54, 1.807) is 11.3 Å². The van der Waals surface area contributed by atoms with Crippen molar-refractivity contribution >= 4 is 32.4 Å². The molecule has 0 amide bonds. The Morgan fingerprint density at radius 3 is 2.77 bits per heavy atom. The van der Waals surface area contributed by atoms with E-state index < -0.39 is 0 Å². The summed E-state index contributed by atoms with van der Waals surface area (Å²) < 4.78 is 0.932. The molecule has 1 N–H and O–H groups in total. The second-order valence-electron chi connectivity index (χ2n) is 3.87. The molecule has 2 rings (SSSR count). The number of thiazole rings is 1. The van der Waals surface area contributed by atoms with E-state index in [0.717, 1.165) is 9.73 Å². The molecule has 0 unspecified atom stereocenters. The first-order chi connectivity index (χ1) is 6.18. The van der Waals surface area contributed by atoms with E-state index >= 15 is 0 Å². The molecule has 4 heteroatoms. The summed E-state index contributed by atoms with van der Waals surface area (Å²) in [6, 6.07) is 0. The van der Waals surface area contributed by atoms with Crippen molar-refractivity contribution in [2.45, 2.75) is 38.1 Å². The predicted octanol–water partition coefficient (Wildman–Crippen LogP) is 3.65. The van der Waals surface area contributed by atoms with Crippen LogP contribution in [0, 0.1) is 0 Å². The molecule has 1 aromatic heterocycles. The molecular formula is C9H13BrN2S. The van der Waals surface area contributed by atoms with E-state index in [9.17, 15) is 0 Å². The highest BCUT2D eigenvalue weighted by Gasteiger charge is 2.28. The van der Waals surface area contributed by atoms with Gasteiger partial charge in [-0.1, -0.05) is 12.8 Å². The van der Waals surface area contributed by atoms with Crippen LogP contribution in [0.2, 0.25) is 0 Å². The number of nitrogens with zero attached hydrogens (tertiary/aromatic N) is 1. The Hall–Kier alpha value is -0.0900. The van der Waals surface area contributed by atoms with Crippen LogP contribution in [0.5, 0.6) is 0 Å². The Morgan fingerprint density at radius 2 is 2.23 bits per heavy atom. The van der Waals surface area contributed by atoms with E-state index in [0.29, 0.717) is 0 Å². The molecule has 1 aliphatic rings. The summed E-state index contributed by atoms with van der Waals surface area (Å²) in [6.45, 7) is 2.29. The average molecular weight is 261 g/mol. The van der Waals surface area contributed by atoms with Crippen LogP contribution in [0.3, 0.4) is 0 Å². The third-order valence-corrected chi connectivity index (χ3v) is 4.06. The molecule has 0 aliphatic heterocycles. The van der Waals surface area contributed by atoms with Gasteiger partial charge in [0.1, 0.15) is 4.60 Å². The Kier molecular flexibility index (Phi) is 2.60. The van der Waals surface area contributed by atoms with Crippen LogP contribution in [-0.2, 0) is 0 Å². The van der Waals surface area contributed by atoms with Gasteiger partial charge in [-0.2, -0.15) is 0 Å². The largest absolute Gasteiger partial charge is 0.356 e. The van der Waals surface area contributed by atoms with Gasteiger partial charge in [-0.25, -0.2) is 4.98 Å². The summed E-state index contributed by atoms with van der Waals surface area (Å²) in [6.07, 6.45) is 5.22. The SMILES string of the molecule is CC1(Nc2nc(Br)cs2)CCCC1. The first-order valence-electron chi connectivity index (χ1n) is 4.57. The van der Waals surface area contributed by atoms with Crippen LogP contribution in [0.25, 0.3) is 0 Å². The molecule has 0 spiro atoms. The Labute approximate surface area is 90.9 Å². The zero-order chi connectivity index (χ0) is 9.31. The lowest BCUT2D eigenvalue weighted by Gasteiger charge is -2.24. The van der Waals surface area contributed by atoms with Crippen LogP contribution < -0.4 is 5.32 Å². The second-order valence-corrected chi connectivity index (χ2v) is 5.54. The van der Waals surface area contributed by atoms with Gasteiger partial charge in [-0.05, 0) is 35.7 Å². The van der Waals surface area contributed by atoms with Gasteiger partial charge in [0, 0.05) is 10.9 Å². The third kappa shape index (κ3) is 2.23. The van der Waals surface area contributed by atoms with Gasteiger partial charge in [-0.15, -0.1) is 11.3 Å². The van der Waals surface area contributed by atoms with Crippen LogP contribution >= 0.6 is 27.3 Å². The zero-order valence-corrected chi connectivity index (χ0v) is 10.0. The first-order valence-corrected chi connectivity index (χ1v) is 6.24. The van der Waals surface area contributed by atoms with E-state index in [1.165, 1.54) is 25.7 Å². The number of hydrogen-bond donors (Lipinski definition) is 1. The molecule has 1 aliphatic carbocycles. The summed E-state index contributed by atoms with van der Waals surface area (Å²) in [5.74, 6) is 0. The molecule has 0 radical (unpaired) electrons. The quantitative estimate of drug-likeness (QED) is 0.878. The molecule has 0 aromatic carbocycles. The Morgan fingerprint density at radius 1 is 1.54 bits per heavy atom. The highest BCUT2D eigenvalue weighted by atomic mass is 79.9. The maximum Gasteiger partial charge on any atom is 0.184 e. The lowest BCUT2D eigenvalue weighted by atomic mass is 10.0. The molecule has 0 atom stereocenters. The fourth-order valence-corrected chi connectivity index (χ4v) is 3.14. The fourth-order valence-electron chi connectivity index (χ4n) is 1.85. The van der Waals surface area contributed by atoms with Crippen molar-refractivity contribution in [3.8, 4) is 0 Å². The van der Waals surface area contributed by atoms with E-state index in [1.807, 2.05) is 5.38 Å². The van der Waals surface area contributed by atoms with Crippen LogP contribution in [0.1, 0.15) is 32.6 Å². The monoisotopic (exact) mass is 260 g/mol. The van der Waals surface area contributed by atoms with Crippen molar-refractivity contribution in [3.05, 3.63) is 9.98 Å². The number of aromatic nitrogens is 1. The highest BCUT2D eigenvalue weighted by molar-refractivity contribution is 9.10. The van der Waals surface area contributed by atoms with Gasteiger partial charge in [0.25, 0.3) is 0 Å². The van der Waals surface area contributed by atoms with Crippen molar-refractivity contribution in [2.75, 3.05) is 5.32 Å². The van der Waals surface area contributed by atoms with E-state index in [2.05, 4.69) is 33.2 Å². The van der Waals surface area contributed by atoms with Crippen molar-refractivity contribution < 1.29 is 0 Å². The number of rotatable bonds is 2. The number of nitrogens with one attached hydrogen (secondary N) is 1. The lowest BCUT2D eigenvalue weighted by Crippen LogP contribution is -2.30. The van der Waals surface area contributed by atoms with Crippen molar-refractivity contribution in [1.29, 1.82) is 0 Å². The second kappa shape index (κ2) is 3.58. The summed E-state index contributed by atoms with van der Waals surface area (Å²) in [5.41, 5.74) is 0.289. The maximum absolute atomic E-state index is 4.34. The van der Waals surface area contributed by atoms with Crippen LogP contribution in [0.4, 0.5) is 5.13 Å². The standard InChI is InChI=1S/C9H13BrN2S/c1-9(4-2-3-5-9)12-8-11-7(10)6-13-8/h6H,2-5H2,1H3,(H,11,12). The van der Waals surface area contributed by atoms with Crippen LogP contribution in [0.15, 0.2) is 9.98 Å². The van der Waals surface area contributed by atoms with E-state index in [-0.39, 0.29) is 5.54 Å². The minimum absolute atomic E-state index is 0.289. The van der Waals surface area contributed by atoms with Crippen molar-refractivity contribution in [3.63, 3.8) is 0 Å². The summed E-state index contributed by atoms with van der Waals surface area (Å²) in [5, 5.41) is 6.57. The summed E-state index contributed by atoms with van der Waals surface area (Å²) in [7, 11) is 0. The molecule has 1 aromatic rings.